The molecule has 182 valence electrons. The maximum Gasteiger partial charge on any atom is 0.243 e. The van der Waals surface area contributed by atoms with Crippen molar-refractivity contribution in [3.8, 4) is 11.6 Å². The predicted molar refractivity (Wildman–Crippen MR) is 127 cm³/mol. The predicted octanol–water partition coefficient (Wildman–Crippen LogP) is 4.40. The number of Topliss-reactive ketones (excluding diaryl/α,β-unsaturated/α-hetero) is 1. The van der Waals surface area contributed by atoms with E-state index in [4.69, 9.17) is 4.74 Å². The van der Waals surface area contributed by atoms with Gasteiger partial charge in [-0.15, -0.1) is 0 Å². The summed E-state index contributed by atoms with van der Waals surface area (Å²) in [5, 5.41) is 2.73. The number of sulfonamides is 1. The Labute approximate surface area is 202 Å². The minimum atomic E-state index is -3.94. The van der Waals surface area contributed by atoms with Crippen molar-refractivity contribution in [3.63, 3.8) is 0 Å². The average Bonchev–Trinajstić information content (AvgIpc) is 2.86. The number of ether oxygens (including phenoxy) is 1. The lowest BCUT2D eigenvalue weighted by atomic mass is 10.0. The summed E-state index contributed by atoms with van der Waals surface area (Å²) in [5.74, 6) is -0.328. The second-order valence-electron chi connectivity index (χ2n) is 8.14. The number of pyridine rings is 1. The third-order valence-electron chi connectivity index (χ3n) is 5.66. The van der Waals surface area contributed by atoms with E-state index >= 15 is 0 Å². The number of nitrogens with zero attached hydrogens (tertiary/aromatic N) is 2. The summed E-state index contributed by atoms with van der Waals surface area (Å²) in [4.78, 5) is 28.7. The molecule has 1 aliphatic heterocycles. The Kier molecular flexibility index (Phi) is 7.23. The van der Waals surface area contributed by atoms with Gasteiger partial charge in [0, 0.05) is 18.2 Å². The number of anilines is 1. The summed E-state index contributed by atoms with van der Waals surface area (Å²) < 4.78 is 46.4. The molecule has 1 aromatic heterocycles. The van der Waals surface area contributed by atoms with E-state index in [0.29, 0.717) is 29.8 Å². The third-order valence-corrected chi connectivity index (χ3v) is 7.59. The maximum atomic E-state index is 13.3. The quantitative estimate of drug-likeness (QED) is 0.485. The van der Waals surface area contributed by atoms with Gasteiger partial charge in [0.05, 0.1) is 16.8 Å². The van der Waals surface area contributed by atoms with E-state index in [9.17, 15) is 22.4 Å². The molecule has 0 aliphatic carbocycles. The molecule has 0 radical (unpaired) electrons. The first-order chi connectivity index (χ1) is 16.7. The molecule has 1 atom stereocenters. The second kappa shape index (κ2) is 10.3. The molecule has 1 unspecified atom stereocenters. The monoisotopic (exact) mass is 497 g/mol. The van der Waals surface area contributed by atoms with Crippen molar-refractivity contribution in [2.75, 3.05) is 11.9 Å². The number of rotatable bonds is 7. The van der Waals surface area contributed by atoms with Gasteiger partial charge in [-0.05, 0) is 62.2 Å². The molecule has 1 amide bonds. The van der Waals surface area contributed by atoms with Gasteiger partial charge in [0.25, 0.3) is 0 Å². The lowest BCUT2D eigenvalue weighted by Gasteiger charge is -2.33. The number of hydrogen-bond acceptors (Lipinski definition) is 6. The van der Waals surface area contributed by atoms with Crippen LogP contribution in [-0.2, 0) is 14.8 Å². The molecule has 0 spiro atoms. The number of halogens is 1. The van der Waals surface area contributed by atoms with Crippen LogP contribution in [0.3, 0.4) is 0 Å². The zero-order chi connectivity index (χ0) is 25.0. The Balaban J connectivity index is 1.46. The smallest absolute Gasteiger partial charge is 0.243 e. The zero-order valence-electron chi connectivity index (χ0n) is 19.0. The highest BCUT2D eigenvalue weighted by molar-refractivity contribution is 7.89. The molecule has 1 saturated heterocycles. The molecular formula is C25H24FN3O5S. The van der Waals surface area contributed by atoms with Gasteiger partial charge in [0.2, 0.25) is 21.8 Å². The Hall–Kier alpha value is -3.63. The lowest BCUT2D eigenvalue weighted by Crippen LogP contribution is -2.49. The number of nitrogens with one attached hydrogen (secondary N) is 1. The van der Waals surface area contributed by atoms with E-state index in [1.807, 2.05) is 0 Å². The van der Waals surface area contributed by atoms with Crippen LogP contribution >= 0.6 is 0 Å². The number of benzene rings is 2. The molecule has 4 rings (SSSR count). The minimum absolute atomic E-state index is 0.0335. The van der Waals surface area contributed by atoms with E-state index in [1.165, 1.54) is 66.0 Å². The van der Waals surface area contributed by atoms with Crippen LogP contribution in [0.5, 0.6) is 11.6 Å². The number of amides is 1. The van der Waals surface area contributed by atoms with Crippen molar-refractivity contribution in [2.45, 2.75) is 37.1 Å². The fourth-order valence-corrected chi connectivity index (χ4v) is 5.47. The minimum Gasteiger partial charge on any atom is -0.439 e. The number of ketones is 1. The third kappa shape index (κ3) is 5.72. The van der Waals surface area contributed by atoms with Crippen LogP contribution in [-0.4, -0.2) is 42.0 Å². The largest absolute Gasteiger partial charge is 0.439 e. The van der Waals surface area contributed by atoms with Crippen LogP contribution < -0.4 is 10.1 Å². The van der Waals surface area contributed by atoms with Gasteiger partial charge >= 0.3 is 0 Å². The molecule has 2 aromatic carbocycles. The molecule has 0 saturated carbocycles. The zero-order valence-corrected chi connectivity index (χ0v) is 19.8. The van der Waals surface area contributed by atoms with Gasteiger partial charge in [0.15, 0.2) is 5.78 Å². The molecular weight excluding hydrogens is 473 g/mol. The van der Waals surface area contributed by atoms with Crippen molar-refractivity contribution >= 4 is 27.4 Å². The number of carbonyl (C=O) groups excluding carboxylic acids is 2. The van der Waals surface area contributed by atoms with E-state index in [-0.39, 0.29) is 28.9 Å². The second-order valence-corrected chi connectivity index (χ2v) is 10.0. The molecule has 35 heavy (non-hydrogen) atoms. The van der Waals surface area contributed by atoms with Gasteiger partial charge in [-0.3, -0.25) is 9.59 Å². The van der Waals surface area contributed by atoms with Crippen molar-refractivity contribution in [2.24, 2.45) is 0 Å². The molecule has 3 aromatic rings. The van der Waals surface area contributed by atoms with Crippen LogP contribution in [0.4, 0.5) is 10.1 Å². The average molecular weight is 498 g/mol. The fraction of sp³-hybridized carbons (Fsp3) is 0.240. The van der Waals surface area contributed by atoms with Crippen LogP contribution in [0.15, 0.2) is 71.8 Å². The number of piperidine rings is 1. The molecule has 1 aliphatic rings. The summed E-state index contributed by atoms with van der Waals surface area (Å²) in [6, 6.07) is 13.4. The highest BCUT2D eigenvalue weighted by atomic mass is 32.2. The highest BCUT2D eigenvalue weighted by Crippen LogP contribution is 2.27. The van der Waals surface area contributed by atoms with Crippen LogP contribution in [0.25, 0.3) is 0 Å². The van der Waals surface area contributed by atoms with E-state index in [1.54, 1.807) is 12.1 Å². The fourth-order valence-electron chi connectivity index (χ4n) is 3.82. The van der Waals surface area contributed by atoms with Crippen molar-refractivity contribution in [1.29, 1.82) is 0 Å². The van der Waals surface area contributed by atoms with Crippen LogP contribution in [0.2, 0.25) is 0 Å². The number of aromatic nitrogens is 1. The molecule has 0 bridgehead atoms. The van der Waals surface area contributed by atoms with Crippen LogP contribution in [0.1, 0.15) is 36.5 Å². The summed E-state index contributed by atoms with van der Waals surface area (Å²) in [6.07, 6.45) is 3.15. The Morgan fingerprint density at radius 1 is 1.03 bits per heavy atom. The summed E-state index contributed by atoms with van der Waals surface area (Å²) in [5.41, 5.74) is 0.798. The van der Waals surface area contributed by atoms with Gasteiger partial charge < -0.3 is 10.1 Å². The number of carbonyl (C=O) groups is 2. The topological polar surface area (TPSA) is 106 Å². The molecule has 1 N–H and O–H groups in total. The van der Waals surface area contributed by atoms with Gasteiger partial charge in [0.1, 0.15) is 17.6 Å². The highest BCUT2D eigenvalue weighted by Gasteiger charge is 2.37. The summed E-state index contributed by atoms with van der Waals surface area (Å²) in [6.45, 7) is 1.63. The Bertz CT molecular complexity index is 1310. The SMILES string of the molecule is CC(=O)c1ccc(S(=O)(=O)N2CCCCC2C(=O)Nc2ccc(Oc3ccc(F)cc3)nc2)cc1. The molecule has 1 fully saturated rings. The normalized spacial score (nSPS) is 16.5. The van der Waals surface area contributed by atoms with Gasteiger partial charge in [-0.2, -0.15) is 4.31 Å². The first-order valence-corrected chi connectivity index (χ1v) is 12.5. The molecule has 10 heteroatoms. The van der Waals surface area contributed by atoms with E-state index < -0.39 is 22.0 Å². The number of hydrogen-bond donors (Lipinski definition) is 1. The maximum absolute atomic E-state index is 13.3. The first-order valence-electron chi connectivity index (χ1n) is 11.1. The lowest BCUT2D eigenvalue weighted by molar-refractivity contribution is -0.120. The summed E-state index contributed by atoms with van der Waals surface area (Å²) in [7, 11) is -3.94. The van der Waals surface area contributed by atoms with Crippen molar-refractivity contribution in [3.05, 3.63) is 78.2 Å². The van der Waals surface area contributed by atoms with Gasteiger partial charge in [-0.25, -0.2) is 17.8 Å². The van der Waals surface area contributed by atoms with E-state index in [0.717, 1.165) is 6.42 Å². The van der Waals surface area contributed by atoms with Gasteiger partial charge in [-0.1, -0.05) is 18.6 Å². The Morgan fingerprint density at radius 2 is 1.74 bits per heavy atom. The standard InChI is InChI=1S/C25H24FN3O5S/c1-17(30)18-5-12-22(13-6-18)35(32,33)29-15-3-2-4-23(29)25(31)28-20-9-14-24(27-16-20)34-21-10-7-19(26)8-11-21/h5-14,16,23H,2-4,15H2,1H3,(H,28,31). The summed E-state index contributed by atoms with van der Waals surface area (Å²) >= 11 is 0. The molecule has 8 nitrogen and oxygen atoms in total. The first kappa shape index (κ1) is 24.5. The molecule has 2 heterocycles. The Morgan fingerprint density at radius 3 is 2.37 bits per heavy atom. The van der Waals surface area contributed by atoms with Crippen molar-refractivity contribution in [1.82, 2.24) is 9.29 Å². The van der Waals surface area contributed by atoms with Crippen molar-refractivity contribution < 1.29 is 27.1 Å². The van der Waals surface area contributed by atoms with E-state index in [2.05, 4.69) is 10.3 Å². The van der Waals surface area contributed by atoms with Crippen LogP contribution in [0, 0.1) is 5.82 Å².